The Morgan fingerprint density at radius 3 is 2.28 bits per heavy atom. The highest BCUT2D eigenvalue weighted by Gasteiger charge is 2.40. The van der Waals surface area contributed by atoms with Crippen molar-refractivity contribution in [1.29, 1.82) is 0 Å². The first-order valence-electron chi connectivity index (χ1n) is 7.65. The molecular weight excluding hydrogens is 224 g/mol. The average Bonchev–Trinajstić information content (AvgIpc) is 2.55. The zero-order valence-electron chi connectivity index (χ0n) is 11.8. The summed E-state index contributed by atoms with van der Waals surface area (Å²) in [5, 5.41) is 3.67. The van der Waals surface area contributed by atoms with Crippen LogP contribution in [0.5, 0.6) is 0 Å². The van der Waals surface area contributed by atoms with Crippen LogP contribution in [0.25, 0.3) is 0 Å². The van der Waals surface area contributed by atoms with Crippen LogP contribution in [0.4, 0.5) is 0 Å². The van der Waals surface area contributed by atoms with Crippen molar-refractivity contribution in [1.82, 2.24) is 5.32 Å². The van der Waals surface area contributed by atoms with Crippen molar-refractivity contribution in [3.63, 3.8) is 0 Å². The molecule has 1 aliphatic carbocycles. The van der Waals surface area contributed by atoms with Crippen LogP contribution >= 0.6 is 0 Å². The highest BCUT2D eigenvalue weighted by atomic mass is 16.1. The summed E-state index contributed by atoms with van der Waals surface area (Å²) in [6.45, 7) is 4.42. The molecule has 3 heteroatoms. The molecule has 1 amide bonds. The zero-order chi connectivity index (χ0) is 13.1. The van der Waals surface area contributed by atoms with Gasteiger partial charge in [-0.05, 0) is 38.0 Å². The standard InChI is InChI=1S/C15H28N2O/c1-10-9-11(2)17-14(13(10)15(16)18)12-7-5-3-4-6-8-12/h10-14,17H,3-9H2,1-2H3,(H2,16,18). The first-order valence-corrected chi connectivity index (χ1v) is 7.65. The van der Waals surface area contributed by atoms with Crippen molar-refractivity contribution in [3.8, 4) is 0 Å². The summed E-state index contributed by atoms with van der Waals surface area (Å²) < 4.78 is 0. The molecule has 4 atom stereocenters. The minimum Gasteiger partial charge on any atom is -0.369 e. The Balaban J connectivity index is 2.12. The van der Waals surface area contributed by atoms with Gasteiger partial charge < -0.3 is 11.1 Å². The van der Waals surface area contributed by atoms with Gasteiger partial charge in [0.05, 0.1) is 5.92 Å². The van der Waals surface area contributed by atoms with Gasteiger partial charge in [-0.3, -0.25) is 4.79 Å². The second-order valence-electron chi connectivity index (χ2n) is 6.49. The molecule has 104 valence electrons. The molecule has 0 aromatic heterocycles. The van der Waals surface area contributed by atoms with Crippen LogP contribution in [0, 0.1) is 17.8 Å². The molecule has 2 fully saturated rings. The number of primary amides is 1. The number of nitrogens with one attached hydrogen (secondary N) is 1. The summed E-state index contributed by atoms with van der Waals surface area (Å²) in [6, 6.07) is 0.836. The number of carbonyl (C=O) groups excluding carboxylic acids is 1. The summed E-state index contributed by atoms with van der Waals surface area (Å²) in [5.41, 5.74) is 5.66. The van der Waals surface area contributed by atoms with Crippen LogP contribution in [-0.4, -0.2) is 18.0 Å². The first kappa shape index (κ1) is 13.9. The molecule has 4 unspecified atom stereocenters. The van der Waals surface area contributed by atoms with Gasteiger partial charge in [0.2, 0.25) is 5.91 Å². The number of carbonyl (C=O) groups is 1. The second-order valence-corrected chi connectivity index (χ2v) is 6.49. The van der Waals surface area contributed by atoms with E-state index in [4.69, 9.17) is 5.73 Å². The first-order chi connectivity index (χ1) is 8.59. The van der Waals surface area contributed by atoms with Crippen LogP contribution in [-0.2, 0) is 4.79 Å². The van der Waals surface area contributed by atoms with E-state index in [1.165, 1.54) is 38.5 Å². The average molecular weight is 252 g/mol. The predicted molar refractivity (Wildman–Crippen MR) is 74.0 cm³/mol. The second kappa shape index (κ2) is 6.05. The molecule has 0 bridgehead atoms. The SMILES string of the molecule is CC1CC(C)C(C(N)=O)C(C2CCCCCC2)N1. The van der Waals surface area contributed by atoms with E-state index in [1.54, 1.807) is 0 Å². The molecule has 2 aliphatic rings. The van der Waals surface area contributed by atoms with Crippen LogP contribution in [0.1, 0.15) is 58.8 Å². The maximum absolute atomic E-state index is 11.8. The van der Waals surface area contributed by atoms with E-state index in [0.717, 1.165) is 6.42 Å². The largest absolute Gasteiger partial charge is 0.369 e. The van der Waals surface area contributed by atoms with Gasteiger partial charge in [-0.2, -0.15) is 0 Å². The lowest BCUT2D eigenvalue weighted by atomic mass is 9.72. The van der Waals surface area contributed by atoms with E-state index < -0.39 is 0 Å². The summed E-state index contributed by atoms with van der Waals surface area (Å²) in [4.78, 5) is 11.8. The fourth-order valence-electron chi connectivity index (χ4n) is 4.12. The van der Waals surface area contributed by atoms with E-state index in [-0.39, 0.29) is 11.8 Å². The molecule has 0 aromatic rings. The number of amides is 1. The number of hydrogen-bond donors (Lipinski definition) is 2. The Labute approximate surface area is 111 Å². The molecule has 1 saturated carbocycles. The quantitative estimate of drug-likeness (QED) is 0.742. The number of rotatable bonds is 2. The van der Waals surface area contributed by atoms with E-state index in [2.05, 4.69) is 19.2 Å². The van der Waals surface area contributed by atoms with Crippen molar-refractivity contribution in [2.24, 2.45) is 23.5 Å². The normalized spacial score (nSPS) is 39.2. The molecule has 1 heterocycles. The molecule has 3 N–H and O–H groups in total. The van der Waals surface area contributed by atoms with Gasteiger partial charge in [0.15, 0.2) is 0 Å². The molecule has 18 heavy (non-hydrogen) atoms. The zero-order valence-corrected chi connectivity index (χ0v) is 11.8. The van der Waals surface area contributed by atoms with Gasteiger partial charge >= 0.3 is 0 Å². The van der Waals surface area contributed by atoms with Crippen molar-refractivity contribution >= 4 is 5.91 Å². The minimum atomic E-state index is -0.101. The molecule has 0 spiro atoms. The molecule has 0 radical (unpaired) electrons. The Morgan fingerprint density at radius 1 is 1.11 bits per heavy atom. The van der Waals surface area contributed by atoms with E-state index in [1.807, 2.05) is 0 Å². The van der Waals surface area contributed by atoms with Crippen LogP contribution < -0.4 is 11.1 Å². The molecule has 1 saturated heterocycles. The highest BCUT2D eigenvalue weighted by Crippen LogP contribution is 2.35. The molecule has 3 nitrogen and oxygen atoms in total. The topological polar surface area (TPSA) is 55.1 Å². The maximum atomic E-state index is 11.8. The van der Waals surface area contributed by atoms with Gasteiger partial charge in [-0.1, -0.05) is 32.6 Å². The predicted octanol–water partition coefficient (Wildman–Crippen LogP) is 2.44. The van der Waals surface area contributed by atoms with Gasteiger partial charge in [-0.25, -0.2) is 0 Å². The summed E-state index contributed by atoms with van der Waals surface area (Å²) in [7, 11) is 0. The smallest absolute Gasteiger partial charge is 0.222 e. The van der Waals surface area contributed by atoms with Crippen molar-refractivity contribution in [2.75, 3.05) is 0 Å². The number of nitrogens with two attached hydrogens (primary N) is 1. The Morgan fingerprint density at radius 2 is 1.72 bits per heavy atom. The van der Waals surface area contributed by atoms with Crippen molar-refractivity contribution < 1.29 is 4.79 Å². The summed E-state index contributed by atoms with van der Waals surface area (Å²) in [5.74, 6) is 1.00. The fourth-order valence-corrected chi connectivity index (χ4v) is 4.12. The third kappa shape index (κ3) is 3.05. The Kier molecular flexibility index (Phi) is 4.66. The third-order valence-electron chi connectivity index (χ3n) is 4.94. The van der Waals surface area contributed by atoms with E-state index >= 15 is 0 Å². The lowest BCUT2D eigenvalue weighted by Gasteiger charge is -2.43. The van der Waals surface area contributed by atoms with Crippen LogP contribution in [0.3, 0.4) is 0 Å². The minimum absolute atomic E-state index is 0.0318. The van der Waals surface area contributed by atoms with Gasteiger partial charge in [0, 0.05) is 12.1 Å². The molecule has 0 aromatic carbocycles. The molecular formula is C15H28N2O. The van der Waals surface area contributed by atoms with Crippen molar-refractivity contribution in [2.45, 2.75) is 70.9 Å². The monoisotopic (exact) mass is 252 g/mol. The van der Waals surface area contributed by atoms with Gasteiger partial charge in [-0.15, -0.1) is 0 Å². The van der Waals surface area contributed by atoms with E-state index in [0.29, 0.717) is 23.9 Å². The van der Waals surface area contributed by atoms with E-state index in [9.17, 15) is 4.79 Å². The van der Waals surface area contributed by atoms with Gasteiger partial charge in [0.1, 0.15) is 0 Å². The number of piperidine rings is 1. The van der Waals surface area contributed by atoms with Crippen LogP contribution in [0.2, 0.25) is 0 Å². The Hall–Kier alpha value is -0.570. The molecule has 2 rings (SSSR count). The molecule has 1 aliphatic heterocycles. The highest BCUT2D eigenvalue weighted by molar-refractivity contribution is 5.78. The van der Waals surface area contributed by atoms with Gasteiger partial charge in [0.25, 0.3) is 0 Å². The maximum Gasteiger partial charge on any atom is 0.222 e. The lowest BCUT2D eigenvalue weighted by Crippen LogP contribution is -2.57. The number of hydrogen-bond acceptors (Lipinski definition) is 2. The summed E-state index contributed by atoms with van der Waals surface area (Å²) in [6.07, 6.45) is 8.94. The van der Waals surface area contributed by atoms with Crippen molar-refractivity contribution in [3.05, 3.63) is 0 Å². The lowest BCUT2D eigenvalue weighted by molar-refractivity contribution is -0.126. The van der Waals surface area contributed by atoms with Crippen LogP contribution in [0.15, 0.2) is 0 Å². The Bertz CT molecular complexity index is 284. The summed E-state index contributed by atoms with van der Waals surface area (Å²) >= 11 is 0. The fraction of sp³-hybridized carbons (Fsp3) is 0.933. The third-order valence-corrected chi connectivity index (χ3v) is 4.94.